The van der Waals surface area contributed by atoms with Crippen molar-refractivity contribution in [2.75, 3.05) is 13.2 Å². The molecule has 0 saturated carbocycles. The zero-order valence-corrected chi connectivity index (χ0v) is 15.6. The molecule has 1 rings (SSSR count). The van der Waals surface area contributed by atoms with Crippen LogP contribution in [0.15, 0.2) is 22.7 Å². The molecule has 0 unspecified atom stereocenters. The molecule has 0 aliphatic carbocycles. The molecule has 4 heteroatoms. The number of ether oxygens (including phenoxy) is 1. The minimum atomic E-state index is -0.312. The van der Waals surface area contributed by atoms with E-state index in [0.717, 1.165) is 35.6 Å². The van der Waals surface area contributed by atoms with Crippen molar-refractivity contribution in [3.8, 4) is 0 Å². The minimum absolute atomic E-state index is 0.312. The van der Waals surface area contributed by atoms with Crippen molar-refractivity contribution in [1.29, 1.82) is 0 Å². The Kier molecular flexibility index (Phi) is 7.09. The second kappa shape index (κ2) is 7.82. The van der Waals surface area contributed by atoms with Gasteiger partial charge in [0, 0.05) is 22.7 Å². The number of rotatable bonds is 7. The van der Waals surface area contributed by atoms with Crippen molar-refractivity contribution in [2.45, 2.75) is 44.8 Å². The smallest absolute Gasteiger partial charge is 0.0503 e. The largest absolute Gasteiger partial charge is 0.381 e. The van der Waals surface area contributed by atoms with Crippen LogP contribution in [0, 0.1) is 0 Å². The molecule has 0 aromatic heterocycles. The highest BCUT2D eigenvalue weighted by Gasteiger charge is 2.23. The highest BCUT2D eigenvalue weighted by atomic mass is 79.9. The van der Waals surface area contributed by atoms with Crippen LogP contribution in [0.5, 0.6) is 0 Å². The SMILES string of the molecule is C[Si](C)C(C)(C)COCCCc1cc(Cl)ccc1Br. The van der Waals surface area contributed by atoms with Crippen molar-refractivity contribution in [3.05, 3.63) is 33.3 Å². The fourth-order valence-electron chi connectivity index (χ4n) is 1.57. The summed E-state index contributed by atoms with van der Waals surface area (Å²) in [5, 5.41) is 1.14. The number of hydrogen-bond acceptors (Lipinski definition) is 1. The van der Waals surface area contributed by atoms with Crippen LogP contribution in [-0.2, 0) is 11.2 Å². The maximum Gasteiger partial charge on any atom is 0.0503 e. The Morgan fingerprint density at radius 3 is 2.63 bits per heavy atom. The van der Waals surface area contributed by atoms with Crippen LogP contribution in [0.25, 0.3) is 0 Å². The monoisotopic (exact) mass is 361 g/mol. The molecule has 0 saturated heterocycles. The number of benzene rings is 1. The lowest BCUT2D eigenvalue weighted by Gasteiger charge is -2.27. The Bertz CT molecular complexity index is 407. The number of aryl methyl sites for hydroxylation is 1. The van der Waals surface area contributed by atoms with Crippen molar-refractivity contribution in [3.63, 3.8) is 0 Å². The van der Waals surface area contributed by atoms with E-state index in [2.05, 4.69) is 42.9 Å². The van der Waals surface area contributed by atoms with Crippen LogP contribution in [0.2, 0.25) is 23.2 Å². The van der Waals surface area contributed by atoms with Crippen molar-refractivity contribution >= 4 is 36.3 Å². The average molecular weight is 363 g/mol. The normalized spacial score (nSPS) is 12.2. The van der Waals surface area contributed by atoms with Crippen molar-refractivity contribution in [2.24, 2.45) is 0 Å². The van der Waals surface area contributed by atoms with Gasteiger partial charge in [-0.2, -0.15) is 0 Å². The van der Waals surface area contributed by atoms with Gasteiger partial charge in [-0.3, -0.25) is 0 Å². The van der Waals surface area contributed by atoms with E-state index in [1.54, 1.807) is 0 Å². The second-order valence-corrected chi connectivity index (χ2v) is 10.4. The fourth-order valence-corrected chi connectivity index (χ4v) is 2.60. The van der Waals surface area contributed by atoms with E-state index in [-0.39, 0.29) is 8.80 Å². The highest BCUT2D eigenvalue weighted by Crippen LogP contribution is 2.28. The van der Waals surface area contributed by atoms with Gasteiger partial charge in [0.25, 0.3) is 0 Å². The summed E-state index contributed by atoms with van der Waals surface area (Å²) in [6.07, 6.45) is 2.03. The van der Waals surface area contributed by atoms with Gasteiger partial charge in [0.2, 0.25) is 0 Å². The summed E-state index contributed by atoms with van der Waals surface area (Å²) in [6, 6.07) is 5.93. The molecule has 0 heterocycles. The summed E-state index contributed by atoms with van der Waals surface area (Å²) in [6.45, 7) is 11.0. The van der Waals surface area contributed by atoms with Crippen molar-refractivity contribution in [1.82, 2.24) is 0 Å². The van der Waals surface area contributed by atoms with Gasteiger partial charge >= 0.3 is 0 Å². The van der Waals surface area contributed by atoms with Gasteiger partial charge in [0.15, 0.2) is 0 Å². The van der Waals surface area contributed by atoms with Crippen LogP contribution >= 0.6 is 27.5 Å². The van der Waals surface area contributed by atoms with Gasteiger partial charge in [0.05, 0.1) is 8.80 Å². The van der Waals surface area contributed by atoms with Crippen LogP contribution in [-0.4, -0.2) is 22.0 Å². The van der Waals surface area contributed by atoms with Crippen LogP contribution < -0.4 is 0 Å². The molecule has 1 radical (unpaired) electrons. The summed E-state index contributed by atoms with van der Waals surface area (Å²) >= 11 is 9.56. The maximum atomic E-state index is 6.00. The third-order valence-corrected chi connectivity index (χ3v) is 7.42. The van der Waals surface area contributed by atoms with Crippen molar-refractivity contribution < 1.29 is 4.74 Å². The van der Waals surface area contributed by atoms with Gasteiger partial charge in [-0.25, -0.2) is 0 Å². The Morgan fingerprint density at radius 1 is 1.32 bits per heavy atom. The molecule has 0 amide bonds. The molecule has 1 aromatic carbocycles. The Morgan fingerprint density at radius 2 is 2.00 bits per heavy atom. The fraction of sp³-hybridized carbons (Fsp3) is 0.600. The van der Waals surface area contributed by atoms with E-state index in [1.807, 2.05) is 18.2 Å². The van der Waals surface area contributed by atoms with E-state index >= 15 is 0 Å². The zero-order chi connectivity index (χ0) is 14.5. The molecule has 19 heavy (non-hydrogen) atoms. The molecule has 0 aliphatic rings. The first-order valence-corrected chi connectivity index (χ1v) is 10.3. The van der Waals surface area contributed by atoms with Gasteiger partial charge < -0.3 is 4.74 Å². The molecule has 0 N–H and O–H groups in total. The predicted octanol–water partition coefficient (Wildman–Crippen LogP) is 5.59. The van der Waals surface area contributed by atoms with Crippen LogP contribution in [0.4, 0.5) is 0 Å². The molecule has 0 fully saturated rings. The molecular weight excluding hydrogens is 340 g/mol. The molecule has 107 valence electrons. The maximum absolute atomic E-state index is 6.00. The minimum Gasteiger partial charge on any atom is -0.381 e. The second-order valence-electron chi connectivity index (χ2n) is 5.78. The van der Waals surface area contributed by atoms with Gasteiger partial charge in [-0.15, -0.1) is 0 Å². The summed E-state index contributed by atoms with van der Waals surface area (Å²) in [5.41, 5.74) is 1.26. The Labute approximate surface area is 132 Å². The molecular formula is C15H23BrClOSi. The molecule has 1 nitrogen and oxygen atoms in total. The first-order valence-electron chi connectivity index (χ1n) is 6.65. The lowest BCUT2D eigenvalue weighted by atomic mass is 10.1. The van der Waals surface area contributed by atoms with E-state index in [9.17, 15) is 0 Å². The summed E-state index contributed by atoms with van der Waals surface area (Å²) in [5.74, 6) is 0. The molecule has 0 atom stereocenters. The average Bonchev–Trinajstić information content (AvgIpc) is 2.32. The van der Waals surface area contributed by atoms with Crippen LogP contribution in [0.3, 0.4) is 0 Å². The molecule has 0 bridgehead atoms. The Hall–Kier alpha value is 0.167. The zero-order valence-electron chi connectivity index (χ0n) is 12.2. The van der Waals surface area contributed by atoms with Gasteiger partial charge in [-0.05, 0) is 41.6 Å². The number of hydrogen-bond donors (Lipinski definition) is 0. The third kappa shape index (κ3) is 5.98. The quantitative estimate of drug-likeness (QED) is 0.454. The number of halogens is 2. The molecule has 0 spiro atoms. The van der Waals surface area contributed by atoms with E-state index in [4.69, 9.17) is 16.3 Å². The lowest BCUT2D eigenvalue weighted by Crippen LogP contribution is -2.26. The standard InChI is InChI=1S/C15H23BrClOSi/c1-15(2,19(3)4)11-18-9-5-6-12-10-13(17)7-8-14(12)16/h7-8,10H,5-6,9,11H2,1-4H3. The predicted molar refractivity (Wildman–Crippen MR) is 89.8 cm³/mol. The lowest BCUT2D eigenvalue weighted by molar-refractivity contribution is 0.111. The Balaban J connectivity index is 2.30. The summed E-state index contributed by atoms with van der Waals surface area (Å²) in [7, 11) is -0.312. The summed E-state index contributed by atoms with van der Waals surface area (Å²) in [4.78, 5) is 0. The molecule has 0 aliphatic heterocycles. The van der Waals surface area contributed by atoms with Gasteiger partial charge in [-0.1, -0.05) is 54.5 Å². The topological polar surface area (TPSA) is 9.23 Å². The molecule has 1 aromatic rings. The van der Waals surface area contributed by atoms with E-state index < -0.39 is 0 Å². The summed E-state index contributed by atoms with van der Waals surface area (Å²) < 4.78 is 6.96. The first kappa shape index (κ1) is 17.2. The van der Waals surface area contributed by atoms with E-state index in [0.29, 0.717) is 5.04 Å². The van der Waals surface area contributed by atoms with E-state index in [1.165, 1.54) is 5.56 Å². The first-order chi connectivity index (χ1) is 8.83. The highest BCUT2D eigenvalue weighted by molar-refractivity contribution is 9.10. The third-order valence-electron chi connectivity index (χ3n) is 3.56. The van der Waals surface area contributed by atoms with Gasteiger partial charge in [0.1, 0.15) is 0 Å². The van der Waals surface area contributed by atoms with Crippen LogP contribution in [0.1, 0.15) is 25.8 Å².